The second-order valence-electron chi connectivity index (χ2n) is 2.97. The van der Waals surface area contributed by atoms with Crippen molar-refractivity contribution in [1.29, 1.82) is 0 Å². The van der Waals surface area contributed by atoms with Crippen molar-refractivity contribution in [2.24, 2.45) is 0 Å². The zero-order valence-electron chi connectivity index (χ0n) is 9.58. The van der Waals surface area contributed by atoms with Crippen LogP contribution in [-0.2, 0) is 9.59 Å². The van der Waals surface area contributed by atoms with Crippen LogP contribution in [0.2, 0.25) is 0 Å². The Hall–Kier alpha value is -1.44. The molecule has 1 fully saturated rings. The molecule has 7 heteroatoms. The lowest BCUT2D eigenvalue weighted by Crippen LogP contribution is -2.05. The number of hydrogen-bond acceptors (Lipinski definition) is 5. The standard InChI is InChI=1S/C5H9NO2.C3H4O2.C2H6O2/c7-5(8)1-2-6-3-4-6;1-2-3(4)5;3-1-2-4/h1-4H2,(H,7,8);2H,1H2,(H,4,5);3-4H,1-2H2. The van der Waals surface area contributed by atoms with Crippen molar-refractivity contribution in [2.45, 2.75) is 6.42 Å². The fraction of sp³-hybridized carbons (Fsp3) is 0.600. The third-order valence-corrected chi connectivity index (χ3v) is 1.46. The molecule has 4 N–H and O–H groups in total. The highest BCUT2D eigenvalue weighted by atomic mass is 16.4. The molecule has 7 nitrogen and oxygen atoms in total. The zero-order valence-corrected chi connectivity index (χ0v) is 9.58. The van der Waals surface area contributed by atoms with Crippen LogP contribution in [0.1, 0.15) is 6.42 Å². The summed E-state index contributed by atoms with van der Waals surface area (Å²) in [6.07, 6.45) is 1.12. The molecule has 0 aliphatic carbocycles. The van der Waals surface area contributed by atoms with Crippen molar-refractivity contribution in [3.8, 4) is 0 Å². The van der Waals surface area contributed by atoms with Crippen LogP contribution < -0.4 is 0 Å². The molecule has 0 aromatic heterocycles. The lowest BCUT2D eigenvalue weighted by Gasteiger charge is -1.92. The van der Waals surface area contributed by atoms with Gasteiger partial charge in [-0.3, -0.25) is 4.79 Å². The zero-order chi connectivity index (χ0) is 13.7. The summed E-state index contributed by atoms with van der Waals surface area (Å²) in [6, 6.07) is 0. The van der Waals surface area contributed by atoms with Gasteiger partial charge in [-0.05, 0) is 0 Å². The topological polar surface area (TPSA) is 118 Å². The van der Waals surface area contributed by atoms with Crippen molar-refractivity contribution < 1.29 is 30.0 Å². The van der Waals surface area contributed by atoms with Gasteiger partial charge < -0.3 is 25.3 Å². The van der Waals surface area contributed by atoms with Gasteiger partial charge >= 0.3 is 11.9 Å². The second kappa shape index (κ2) is 12.6. The molecular weight excluding hydrogens is 230 g/mol. The minimum absolute atomic E-state index is 0.125. The van der Waals surface area contributed by atoms with Gasteiger partial charge in [0.1, 0.15) is 0 Å². The molecule has 0 aromatic carbocycles. The molecule has 1 aliphatic heterocycles. The number of carboxylic acids is 2. The molecule has 0 saturated carbocycles. The summed E-state index contributed by atoms with van der Waals surface area (Å²) in [6.45, 7) is 5.62. The first-order chi connectivity index (χ1) is 7.97. The Morgan fingerprint density at radius 1 is 1.18 bits per heavy atom. The normalized spacial score (nSPS) is 12.4. The Bertz CT molecular complexity index is 225. The minimum Gasteiger partial charge on any atom is -0.481 e. The van der Waals surface area contributed by atoms with Crippen molar-refractivity contribution >= 4 is 11.9 Å². The van der Waals surface area contributed by atoms with Gasteiger partial charge in [0.15, 0.2) is 0 Å². The van der Waals surface area contributed by atoms with E-state index in [1.54, 1.807) is 0 Å². The van der Waals surface area contributed by atoms with Crippen molar-refractivity contribution in [1.82, 2.24) is 4.90 Å². The summed E-state index contributed by atoms with van der Waals surface area (Å²) < 4.78 is 0. The van der Waals surface area contributed by atoms with Crippen LogP contribution in [-0.4, -0.2) is 70.1 Å². The van der Waals surface area contributed by atoms with E-state index in [1.165, 1.54) is 0 Å². The number of carbonyl (C=O) groups is 2. The van der Waals surface area contributed by atoms with Crippen LogP contribution in [0.15, 0.2) is 12.7 Å². The van der Waals surface area contributed by atoms with Crippen LogP contribution in [0.3, 0.4) is 0 Å². The fourth-order valence-electron chi connectivity index (χ4n) is 0.548. The maximum absolute atomic E-state index is 9.90. The van der Waals surface area contributed by atoms with Crippen molar-refractivity contribution in [3.63, 3.8) is 0 Å². The van der Waals surface area contributed by atoms with Gasteiger partial charge in [-0.2, -0.15) is 0 Å². The van der Waals surface area contributed by atoms with Gasteiger partial charge in [-0.25, -0.2) is 4.79 Å². The van der Waals surface area contributed by atoms with E-state index in [2.05, 4.69) is 11.5 Å². The molecule has 0 amide bonds. The van der Waals surface area contributed by atoms with Crippen molar-refractivity contribution in [3.05, 3.63) is 12.7 Å². The van der Waals surface area contributed by atoms with Crippen LogP contribution in [0.5, 0.6) is 0 Å². The average Bonchev–Trinajstić information content (AvgIpc) is 3.11. The van der Waals surface area contributed by atoms with Crippen LogP contribution in [0, 0.1) is 0 Å². The third-order valence-electron chi connectivity index (χ3n) is 1.46. The molecule has 1 aliphatic rings. The summed E-state index contributed by atoms with van der Waals surface area (Å²) in [4.78, 5) is 21.2. The van der Waals surface area contributed by atoms with Crippen molar-refractivity contribution in [2.75, 3.05) is 32.8 Å². The third kappa shape index (κ3) is 25.1. The highest BCUT2D eigenvalue weighted by Gasteiger charge is 2.16. The summed E-state index contributed by atoms with van der Waals surface area (Å²) in [5, 5.41) is 31.0. The monoisotopic (exact) mass is 249 g/mol. The number of hydrogen-bond donors (Lipinski definition) is 4. The second-order valence-corrected chi connectivity index (χ2v) is 2.97. The van der Waals surface area contributed by atoms with Crippen LogP contribution >= 0.6 is 0 Å². The predicted octanol–water partition coefficient (Wildman–Crippen LogP) is -0.995. The summed E-state index contributed by atoms with van der Waals surface area (Å²) in [5.74, 6) is -1.68. The number of rotatable bonds is 5. The Balaban J connectivity index is 0. The first-order valence-corrected chi connectivity index (χ1v) is 4.99. The van der Waals surface area contributed by atoms with E-state index < -0.39 is 11.9 Å². The van der Waals surface area contributed by atoms with E-state index in [-0.39, 0.29) is 13.2 Å². The van der Waals surface area contributed by atoms with Gasteiger partial charge in [-0.15, -0.1) is 0 Å². The molecule has 1 rings (SSSR count). The number of aliphatic hydroxyl groups excluding tert-OH is 2. The Morgan fingerprint density at radius 3 is 1.76 bits per heavy atom. The highest BCUT2D eigenvalue weighted by Crippen LogP contribution is 2.02. The minimum atomic E-state index is -0.981. The van der Waals surface area contributed by atoms with E-state index in [0.717, 1.165) is 25.7 Å². The Labute approximate surface area is 99.6 Å². The molecule has 17 heavy (non-hydrogen) atoms. The summed E-state index contributed by atoms with van der Waals surface area (Å²) >= 11 is 0. The predicted molar refractivity (Wildman–Crippen MR) is 60.7 cm³/mol. The van der Waals surface area contributed by atoms with E-state index in [9.17, 15) is 9.59 Å². The summed E-state index contributed by atoms with van der Waals surface area (Å²) in [7, 11) is 0. The van der Waals surface area contributed by atoms with Gasteiger partial charge in [0.05, 0.1) is 19.6 Å². The molecule has 100 valence electrons. The van der Waals surface area contributed by atoms with Crippen LogP contribution in [0.25, 0.3) is 0 Å². The number of aliphatic carboxylic acids is 2. The van der Waals surface area contributed by atoms with Gasteiger partial charge in [-0.1, -0.05) is 6.58 Å². The molecule has 0 aromatic rings. The quantitative estimate of drug-likeness (QED) is 0.365. The van der Waals surface area contributed by atoms with E-state index in [0.29, 0.717) is 6.42 Å². The van der Waals surface area contributed by atoms with Gasteiger partial charge in [0.25, 0.3) is 0 Å². The first-order valence-electron chi connectivity index (χ1n) is 4.99. The largest absolute Gasteiger partial charge is 0.481 e. The molecule has 1 heterocycles. The highest BCUT2D eigenvalue weighted by molar-refractivity contribution is 5.78. The average molecular weight is 249 g/mol. The molecule has 1 saturated heterocycles. The maximum Gasteiger partial charge on any atom is 0.327 e. The molecule has 0 atom stereocenters. The molecular formula is C10H19NO6. The smallest absolute Gasteiger partial charge is 0.327 e. The molecule has 0 spiro atoms. The lowest BCUT2D eigenvalue weighted by atomic mass is 10.4. The van der Waals surface area contributed by atoms with E-state index >= 15 is 0 Å². The fourth-order valence-corrected chi connectivity index (χ4v) is 0.548. The van der Waals surface area contributed by atoms with Gasteiger partial charge in [0.2, 0.25) is 0 Å². The maximum atomic E-state index is 9.90. The first kappa shape index (κ1) is 17.9. The van der Waals surface area contributed by atoms with Gasteiger partial charge in [0, 0.05) is 25.7 Å². The Morgan fingerprint density at radius 2 is 1.59 bits per heavy atom. The SMILES string of the molecule is C=CC(=O)O.O=C(O)CCN1CC1.OCCO. The number of carboxylic acid groups (broad SMARTS) is 2. The van der Waals surface area contributed by atoms with E-state index in [4.69, 9.17) is 20.4 Å². The number of nitrogens with zero attached hydrogens (tertiary/aromatic N) is 1. The molecule has 0 radical (unpaired) electrons. The molecule has 0 bridgehead atoms. The lowest BCUT2D eigenvalue weighted by molar-refractivity contribution is -0.137. The number of aliphatic hydroxyl groups is 2. The Kier molecular flexibility index (Phi) is 13.3. The molecule has 0 unspecified atom stereocenters. The summed E-state index contributed by atoms with van der Waals surface area (Å²) in [5.41, 5.74) is 0. The van der Waals surface area contributed by atoms with Crippen LogP contribution in [0.4, 0.5) is 0 Å². The van der Waals surface area contributed by atoms with E-state index in [1.807, 2.05) is 0 Å².